The molecule has 0 bridgehead atoms. The summed E-state index contributed by atoms with van der Waals surface area (Å²) >= 11 is 0. The van der Waals surface area contributed by atoms with Gasteiger partial charge in [0, 0.05) is 36.8 Å². The van der Waals surface area contributed by atoms with E-state index in [1.165, 1.54) is 18.9 Å². The minimum absolute atomic E-state index is 0.000774. The molecule has 0 radical (unpaired) electrons. The zero-order valence-corrected chi connectivity index (χ0v) is 14.9. The van der Waals surface area contributed by atoms with Crippen molar-refractivity contribution >= 4 is 17.5 Å². The number of carbonyl (C=O) groups is 1. The van der Waals surface area contributed by atoms with Gasteiger partial charge in [-0.05, 0) is 47.9 Å². The molecule has 1 aliphatic carbocycles. The molecule has 2 aromatic carbocycles. The number of Topliss-reactive ketones (excluding diaryl/α,β-unsaturated/α-hetero) is 1. The van der Waals surface area contributed by atoms with Crippen molar-refractivity contribution < 1.29 is 14.6 Å². The number of allylic oxidation sites excluding steroid dienone is 1. The molecule has 4 heteroatoms. The molecule has 3 rings (SSSR count). The number of nitrogens with zero attached hydrogens (tertiary/aromatic N) is 1. The van der Waals surface area contributed by atoms with Crippen LogP contribution in [-0.4, -0.2) is 31.6 Å². The van der Waals surface area contributed by atoms with Crippen LogP contribution in [0, 0.1) is 0 Å². The summed E-state index contributed by atoms with van der Waals surface area (Å²) in [5.41, 5.74) is 4.35. The van der Waals surface area contributed by atoms with Gasteiger partial charge in [0.1, 0.15) is 0 Å². The van der Waals surface area contributed by atoms with Crippen molar-refractivity contribution in [2.45, 2.75) is 19.8 Å². The highest BCUT2D eigenvalue weighted by molar-refractivity contribution is 6.15. The molecule has 0 aliphatic heterocycles. The van der Waals surface area contributed by atoms with E-state index in [4.69, 9.17) is 4.74 Å². The van der Waals surface area contributed by atoms with Crippen LogP contribution in [0.3, 0.4) is 0 Å². The number of phenolic OH excluding ortho intramolecular Hbond substituents is 1. The number of methoxy groups -OCH3 is 1. The van der Waals surface area contributed by atoms with E-state index in [0.29, 0.717) is 17.7 Å². The van der Waals surface area contributed by atoms with Gasteiger partial charge in [0.25, 0.3) is 0 Å². The first-order chi connectivity index (χ1) is 12.0. The van der Waals surface area contributed by atoms with Crippen molar-refractivity contribution in [1.29, 1.82) is 0 Å². The average molecular weight is 337 g/mol. The molecule has 1 aliphatic rings. The Bertz CT molecular complexity index is 822. The largest absolute Gasteiger partial charge is 0.504 e. The molecule has 0 amide bonds. The molecule has 2 aromatic rings. The lowest BCUT2D eigenvalue weighted by Crippen LogP contribution is -2.17. The first-order valence-electron chi connectivity index (χ1n) is 8.49. The maximum atomic E-state index is 12.6. The van der Waals surface area contributed by atoms with Crippen molar-refractivity contribution in [3.05, 3.63) is 58.7 Å². The third-order valence-corrected chi connectivity index (χ3v) is 4.56. The lowest BCUT2D eigenvalue weighted by molar-refractivity contribution is 0.104. The van der Waals surface area contributed by atoms with Gasteiger partial charge in [0.05, 0.1) is 7.11 Å². The second-order valence-electron chi connectivity index (χ2n) is 6.37. The highest BCUT2D eigenvalue weighted by atomic mass is 16.5. The number of anilines is 1. The summed E-state index contributed by atoms with van der Waals surface area (Å²) in [6, 6.07) is 11.4. The quantitative estimate of drug-likeness (QED) is 0.836. The van der Waals surface area contributed by atoms with Crippen LogP contribution in [0.5, 0.6) is 11.5 Å². The van der Waals surface area contributed by atoms with Crippen molar-refractivity contribution in [2.24, 2.45) is 0 Å². The number of rotatable bonds is 5. The summed E-state index contributed by atoms with van der Waals surface area (Å²) in [7, 11) is 3.58. The number of carbonyl (C=O) groups excluding carboxylic acids is 1. The molecule has 0 heterocycles. The molecule has 0 unspecified atom stereocenters. The average Bonchev–Trinajstić information content (AvgIpc) is 2.90. The van der Waals surface area contributed by atoms with E-state index in [1.54, 1.807) is 6.07 Å². The lowest BCUT2D eigenvalue weighted by Gasteiger charge is -2.18. The van der Waals surface area contributed by atoms with Crippen LogP contribution < -0.4 is 9.64 Å². The normalized spacial score (nSPS) is 14.7. The number of phenols is 1. The Hall–Kier alpha value is -2.75. The van der Waals surface area contributed by atoms with Crippen LogP contribution in [0.25, 0.3) is 6.08 Å². The van der Waals surface area contributed by atoms with Crippen LogP contribution in [0.2, 0.25) is 0 Å². The van der Waals surface area contributed by atoms with Gasteiger partial charge < -0.3 is 14.7 Å². The first-order valence-corrected chi connectivity index (χ1v) is 8.49. The van der Waals surface area contributed by atoms with Gasteiger partial charge in [-0.25, -0.2) is 0 Å². The highest BCUT2D eigenvalue weighted by Gasteiger charge is 2.26. The van der Waals surface area contributed by atoms with Crippen molar-refractivity contribution in [3.63, 3.8) is 0 Å². The standard InChI is InChI=1S/C21H23NO3/c1-4-9-22(2)17-7-5-14(6-8-17)10-16-11-15-12-20(25-3)19(23)13-18(15)21(16)24/h5-8,10,12-13,23H,4,9,11H2,1-3H3/b16-10+. The predicted octanol–water partition coefficient (Wildman–Crippen LogP) is 4.07. The zero-order valence-electron chi connectivity index (χ0n) is 14.9. The number of hydrogen-bond acceptors (Lipinski definition) is 4. The Morgan fingerprint density at radius 2 is 1.96 bits per heavy atom. The molecule has 0 fully saturated rings. The number of benzene rings is 2. The van der Waals surface area contributed by atoms with E-state index in [0.717, 1.165) is 29.7 Å². The summed E-state index contributed by atoms with van der Waals surface area (Å²) in [5, 5.41) is 9.89. The van der Waals surface area contributed by atoms with Gasteiger partial charge in [0.15, 0.2) is 17.3 Å². The van der Waals surface area contributed by atoms with Gasteiger partial charge in [-0.1, -0.05) is 19.1 Å². The summed E-state index contributed by atoms with van der Waals surface area (Å²) < 4.78 is 5.13. The summed E-state index contributed by atoms with van der Waals surface area (Å²) in [5.74, 6) is 0.371. The Kier molecular flexibility index (Phi) is 4.79. The van der Waals surface area contributed by atoms with Crippen molar-refractivity contribution in [1.82, 2.24) is 0 Å². The molecule has 4 nitrogen and oxygen atoms in total. The number of hydrogen-bond donors (Lipinski definition) is 1. The SMILES string of the molecule is CCCN(C)c1ccc(/C=C2\Cc3cc(OC)c(O)cc3C2=O)cc1. The van der Waals surface area contributed by atoms with E-state index in [2.05, 4.69) is 31.0 Å². The third kappa shape index (κ3) is 3.38. The number of fused-ring (bicyclic) bond motifs is 1. The van der Waals surface area contributed by atoms with E-state index in [9.17, 15) is 9.90 Å². The van der Waals surface area contributed by atoms with Gasteiger partial charge >= 0.3 is 0 Å². The van der Waals surface area contributed by atoms with E-state index in [-0.39, 0.29) is 11.5 Å². The molecular weight excluding hydrogens is 314 g/mol. The lowest BCUT2D eigenvalue weighted by atomic mass is 10.1. The number of aromatic hydroxyl groups is 1. The van der Waals surface area contributed by atoms with Gasteiger partial charge in [-0.15, -0.1) is 0 Å². The molecule has 0 spiro atoms. The first kappa shape index (κ1) is 17.1. The minimum atomic E-state index is -0.0277. The topological polar surface area (TPSA) is 49.8 Å². The third-order valence-electron chi connectivity index (χ3n) is 4.56. The summed E-state index contributed by atoms with van der Waals surface area (Å²) in [6.07, 6.45) is 3.59. The second-order valence-corrected chi connectivity index (χ2v) is 6.37. The Morgan fingerprint density at radius 3 is 2.60 bits per heavy atom. The molecule has 25 heavy (non-hydrogen) atoms. The van der Waals surface area contributed by atoms with E-state index in [1.807, 2.05) is 18.2 Å². The molecule has 0 atom stereocenters. The van der Waals surface area contributed by atoms with Gasteiger partial charge in [-0.2, -0.15) is 0 Å². The van der Waals surface area contributed by atoms with Gasteiger partial charge in [-0.3, -0.25) is 4.79 Å². The molecule has 1 N–H and O–H groups in total. The Labute approximate surface area is 148 Å². The molecule has 0 saturated carbocycles. The van der Waals surface area contributed by atoms with Crippen molar-refractivity contribution in [2.75, 3.05) is 25.6 Å². The highest BCUT2D eigenvalue weighted by Crippen LogP contribution is 2.36. The predicted molar refractivity (Wildman–Crippen MR) is 101 cm³/mol. The fourth-order valence-electron chi connectivity index (χ4n) is 3.20. The maximum Gasteiger partial charge on any atom is 0.189 e. The smallest absolute Gasteiger partial charge is 0.189 e. The fourth-order valence-corrected chi connectivity index (χ4v) is 3.20. The van der Waals surface area contributed by atoms with Gasteiger partial charge in [0.2, 0.25) is 0 Å². The van der Waals surface area contributed by atoms with Crippen LogP contribution in [-0.2, 0) is 6.42 Å². The van der Waals surface area contributed by atoms with E-state index >= 15 is 0 Å². The fraction of sp³-hybridized carbons (Fsp3) is 0.286. The molecular formula is C21H23NO3. The molecule has 130 valence electrons. The number of ketones is 1. The minimum Gasteiger partial charge on any atom is -0.504 e. The Balaban J connectivity index is 1.84. The molecule has 0 saturated heterocycles. The monoisotopic (exact) mass is 337 g/mol. The molecule has 0 aromatic heterocycles. The van der Waals surface area contributed by atoms with E-state index < -0.39 is 0 Å². The summed E-state index contributed by atoms with van der Waals surface area (Å²) in [4.78, 5) is 14.8. The van der Waals surface area contributed by atoms with Crippen LogP contribution in [0.4, 0.5) is 5.69 Å². The summed E-state index contributed by atoms with van der Waals surface area (Å²) in [6.45, 7) is 3.17. The Morgan fingerprint density at radius 1 is 1.24 bits per heavy atom. The van der Waals surface area contributed by atoms with Crippen LogP contribution in [0.1, 0.15) is 34.8 Å². The maximum absolute atomic E-state index is 12.6. The van der Waals surface area contributed by atoms with Crippen LogP contribution in [0.15, 0.2) is 42.0 Å². The zero-order chi connectivity index (χ0) is 18.0. The second kappa shape index (κ2) is 7.01. The van der Waals surface area contributed by atoms with Crippen molar-refractivity contribution in [3.8, 4) is 11.5 Å². The number of ether oxygens (including phenoxy) is 1. The van der Waals surface area contributed by atoms with Crippen LogP contribution >= 0.6 is 0 Å².